The van der Waals surface area contributed by atoms with Crippen LogP contribution >= 0.6 is 0 Å². The minimum atomic E-state index is -0.577. The van der Waals surface area contributed by atoms with Crippen LogP contribution in [0, 0.1) is 10.1 Å². The predicted molar refractivity (Wildman–Crippen MR) is 107 cm³/mol. The van der Waals surface area contributed by atoms with E-state index in [1.165, 1.54) is 31.9 Å². The lowest BCUT2D eigenvalue weighted by Gasteiger charge is -2.26. The van der Waals surface area contributed by atoms with Gasteiger partial charge in [0.1, 0.15) is 12.2 Å². The van der Waals surface area contributed by atoms with Crippen LogP contribution in [-0.2, 0) is 11.2 Å². The molecule has 0 aromatic heterocycles. The van der Waals surface area contributed by atoms with E-state index >= 15 is 0 Å². The van der Waals surface area contributed by atoms with Crippen molar-refractivity contribution in [3.63, 3.8) is 0 Å². The van der Waals surface area contributed by atoms with Crippen molar-refractivity contribution >= 4 is 11.6 Å². The van der Waals surface area contributed by atoms with Gasteiger partial charge in [-0.25, -0.2) is 0 Å². The molecule has 2 aromatic carbocycles. The summed E-state index contributed by atoms with van der Waals surface area (Å²) in [4.78, 5) is 25.9. The number of aryl methyl sites for hydroxylation is 1. The van der Waals surface area contributed by atoms with E-state index in [0.29, 0.717) is 6.61 Å². The summed E-state index contributed by atoms with van der Waals surface area (Å²) in [6.07, 6.45) is 1.65. The van der Waals surface area contributed by atoms with Gasteiger partial charge in [0, 0.05) is 20.2 Å². The normalized spacial score (nSPS) is 14.9. The number of nitrogens with zero attached hydrogens (tertiary/aromatic N) is 2. The summed E-state index contributed by atoms with van der Waals surface area (Å²) in [7, 11) is 4.63. The Morgan fingerprint density at radius 1 is 1.21 bits per heavy atom. The molecule has 1 atom stereocenters. The lowest BCUT2D eigenvalue weighted by Crippen LogP contribution is -2.30. The van der Waals surface area contributed by atoms with E-state index in [1.807, 2.05) is 24.3 Å². The van der Waals surface area contributed by atoms with Crippen LogP contribution in [0.25, 0.3) is 0 Å². The second-order valence-electron chi connectivity index (χ2n) is 6.79. The van der Waals surface area contributed by atoms with Crippen molar-refractivity contribution < 1.29 is 23.9 Å². The fourth-order valence-corrected chi connectivity index (χ4v) is 3.65. The second-order valence-corrected chi connectivity index (χ2v) is 6.79. The highest BCUT2D eigenvalue weighted by molar-refractivity contribution is 5.99. The first-order chi connectivity index (χ1) is 14.0. The number of fused-ring (bicyclic) bond motifs is 1. The summed E-state index contributed by atoms with van der Waals surface area (Å²) in [5.74, 6) is 0.0251. The molecule has 0 saturated heterocycles. The first-order valence-electron chi connectivity index (χ1n) is 9.31. The van der Waals surface area contributed by atoms with Crippen LogP contribution in [0.15, 0.2) is 36.4 Å². The largest absolute Gasteiger partial charge is 0.493 e. The molecule has 1 aliphatic carbocycles. The molecular formula is C21H24N2O6. The van der Waals surface area contributed by atoms with E-state index in [0.717, 1.165) is 18.4 Å². The summed E-state index contributed by atoms with van der Waals surface area (Å²) in [6.45, 7) is 0.525. The zero-order valence-electron chi connectivity index (χ0n) is 16.7. The number of carbonyl (C=O) groups excluding carboxylic acids is 1. The van der Waals surface area contributed by atoms with Gasteiger partial charge in [-0.15, -0.1) is 0 Å². The predicted octanol–water partition coefficient (Wildman–Crippen LogP) is 3.39. The van der Waals surface area contributed by atoms with Gasteiger partial charge < -0.3 is 19.1 Å². The summed E-state index contributed by atoms with van der Waals surface area (Å²) in [5.41, 5.74) is 1.93. The van der Waals surface area contributed by atoms with Crippen LogP contribution in [0.5, 0.6) is 11.5 Å². The fraction of sp³-hybridized carbons (Fsp3) is 0.381. The smallest absolute Gasteiger partial charge is 0.286 e. The van der Waals surface area contributed by atoms with Gasteiger partial charge in [0.2, 0.25) is 0 Å². The molecule has 0 aliphatic heterocycles. The number of amides is 1. The quantitative estimate of drug-likeness (QED) is 0.383. The summed E-state index contributed by atoms with van der Waals surface area (Å²) in [5, 5.41) is 11.7. The van der Waals surface area contributed by atoms with Crippen LogP contribution < -0.4 is 9.47 Å². The van der Waals surface area contributed by atoms with Gasteiger partial charge in [-0.05, 0) is 24.0 Å². The number of hydrogen-bond donors (Lipinski definition) is 0. The highest BCUT2D eigenvalue weighted by atomic mass is 16.6. The van der Waals surface area contributed by atoms with Crippen molar-refractivity contribution in [2.24, 2.45) is 0 Å². The molecule has 0 heterocycles. The lowest BCUT2D eigenvalue weighted by molar-refractivity contribution is -0.385. The van der Waals surface area contributed by atoms with Crippen molar-refractivity contribution in [3.05, 3.63) is 63.2 Å². The Balaban J connectivity index is 1.94. The van der Waals surface area contributed by atoms with Gasteiger partial charge in [-0.3, -0.25) is 14.9 Å². The van der Waals surface area contributed by atoms with Crippen LogP contribution in [0.3, 0.4) is 0 Å². The Kier molecular flexibility index (Phi) is 6.33. The Morgan fingerprint density at radius 3 is 2.66 bits per heavy atom. The minimum Gasteiger partial charge on any atom is -0.493 e. The number of benzene rings is 2. The zero-order valence-corrected chi connectivity index (χ0v) is 16.7. The molecule has 29 heavy (non-hydrogen) atoms. The SMILES string of the molecule is COCCOc1cc([N+](=O)[O-])c(C(=O)N(C)C2CCc3ccccc32)cc1OC. The average Bonchev–Trinajstić information content (AvgIpc) is 3.16. The maximum absolute atomic E-state index is 13.2. The first-order valence-corrected chi connectivity index (χ1v) is 9.31. The molecular weight excluding hydrogens is 376 g/mol. The molecule has 8 nitrogen and oxygen atoms in total. The highest BCUT2D eigenvalue weighted by Crippen LogP contribution is 2.39. The molecule has 1 unspecified atom stereocenters. The molecule has 1 aliphatic rings. The molecule has 0 spiro atoms. The number of carbonyl (C=O) groups is 1. The number of nitro groups is 1. The van der Waals surface area contributed by atoms with E-state index in [-0.39, 0.29) is 35.4 Å². The number of hydrogen-bond acceptors (Lipinski definition) is 6. The standard InChI is InChI=1S/C21H24N2O6/c1-22(17-9-8-14-6-4-5-7-15(14)17)21(24)16-12-19(28-3)20(29-11-10-27-2)13-18(16)23(25)26/h4-7,12-13,17H,8-11H2,1-3H3. The van der Waals surface area contributed by atoms with Crippen molar-refractivity contribution in [2.75, 3.05) is 34.5 Å². The van der Waals surface area contributed by atoms with E-state index in [2.05, 4.69) is 0 Å². The van der Waals surface area contributed by atoms with Crippen LogP contribution in [-0.4, -0.2) is 50.2 Å². The molecule has 0 bridgehead atoms. The molecule has 0 N–H and O–H groups in total. The number of nitro benzene ring substituents is 1. The number of ether oxygens (including phenoxy) is 3. The summed E-state index contributed by atoms with van der Waals surface area (Å²) < 4.78 is 15.8. The van der Waals surface area contributed by atoms with E-state index in [4.69, 9.17) is 14.2 Å². The Hall–Kier alpha value is -3.13. The topological polar surface area (TPSA) is 91.1 Å². The van der Waals surface area contributed by atoms with E-state index < -0.39 is 10.8 Å². The van der Waals surface area contributed by atoms with Crippen LogP contribution in [0.4, 0.5) is 5.69 Å². The first kappa shape index (κ1) is 20.6. The van der Waals surface area contributed by atoms with E-state index in [1.54, 1.807) is 11.9 Å². The van der Waals surface area contributed by atoms with Crippen molar-refractivity contribution in [1.82, 2.24) is 4.90 Å². The van der Waals surface area contributed by atoms with Gasteiger partial charge in [-0.1, -0.05) is 24.3 Å². The van der Waals surface area contributed by atoms with Gasteiger partial charge >= 0.3 is 0 Å². The molecule has 8 heteroatoms. The average molecular weight is 400 g/mol. The molecule has 1 amide bonds. The Morgan fingerprint density at radius 2 is 1.97 bits per heavy atom. The molecule has 0 saturated carbocycles. The molecule has 154 valence electrons. The van der Waals surface area contributed by atoms with Crippen molar-refractivity contribution in [2.45, 2.75) is 18.9 Å². The lowest BCUT2D eigenvalue weighted by atomic mass is 10.1. The van der Waals surface area contributed by atoms with Gasteiger partial charge in [-0.2, -0.15) is 0 Å². The van der Waals surface area contributed by atoms with E-state index in [9.17, 15) is 14.9 Å². The minimum absolute atomic E-state index is 0.0298. The monoisotopic (exact) mass is 400 g/mol. The maximum atomic E-state index is 13.2. The van der Waals surface area contributed by atoms with Gasteiger partial charge in [0.05, 0.1) is 30.7 Å². The Bertz CT molecular complexity index is 914. The molecule has 0 fully saturated rings. The zero-order chi connectivity index (χ0) is 21.0. The molecule has 0 radical (unpaired) electrons. The third-order valence-electron chi connectivity index (χ3n) is 5.14. The van der Waals surface area contributed by atoms with Crippen molar-refractivity contribution in [3.8, 4) is 11.5 Å². The molecule has 3 rings (SSSR count). The highest BCUT2D eigenvalue weighted by Gasteiger charge is 2.33. The third-order valence-corrected chi connectivity index (χ3v) is 5.14. The number of methoxy groups -OCH3 is 2. The maximum Gasteiger partial charge on any atom is 0.286 e. The van der Waals surface area contributed by atoms with Crippen LogP contribution in [0.1, 0.15) is 33.9 Å². The number of rotatable bonds is 8. The van der Waals surface area contributed by atoms with Crippen LogP contribution in [0.2, 0.25) is 0 Å². The van der Waals surface area contributed by atoms with Gasteiger partial charge in [0.25, 0.3) is 11.6 Å². The third kappa shape index (κ3) is 4.17. The second kappa shape index (κ2) is 8.91. The molecule has 2 aromatic rings. The fourth-order valence-electron chi connectivity index (χ4n) is 3.65. The van der Waals surface area contributed by atoms with Crippen molar-refractivity contribution in [1.29, 1.82) is 0 Å². The summed E-state index contributed by atoms with van der Waals surface area (Å²) in [6, 6.07) is 10.4. The summed E-state index contributed by atoms with van der Waals surface area (Å²) >= 11 is 0. The Labute approximate surface area is 169 Å². The van der Waals surface area contributed by atoms with Gasteiger partial charge in [0.15, 0.2) is 11.5 Å².